The van der Waals surface area contributed by atoms with Crippen molar-refractivity contribution >= 4 is 10.0 Å². The number of halogens is 2. The van der Waals surface area contributed by atoms with Gasteiger partial charge in [0.2, 0.25) is 10.0 Å². The lowest BCUT2D eigenvalue weighted by Crippen LogP contribution is -2.37. The lowest BCUT2D eigenvalue weighted by molar-refractivity contribution is 0.233. The Kier molecular flexibility index (Phi) is 5.06. The van der Waals surface area contributed by atoms with Crippen molar-refractivity contribution in [2.75, 3.05) is 26.2 Å². The molecule has 0 unspecified atom stereocenters. The Hall–Kier alpha value is -1.05. The van der Waals surface area contributed by atoms with E-state index in [0.29, 0.717) is 12.6 Å². The zero-order valence-electron chi connectivity index (χ0n) is 11.1. The molecule has 1 heterocycles. The molecule has 1 saturated heterocycles. The van der Waals surface area contributed by atoms with Crippen LogP contribution in [0.25, 0.3) is 0 Å². The van der Waals surface area contributed by atoms with Crippen molar-refractivity contribution in [3.8, 4) is 0 Å². The normalized spacial score (nSPS) is 17.3. The van der Waals surface area contributed by atoms with Crippen molar-refractivity contribution < 1.29 is 17.2 Å². The van der Waals surface area contributed by atoms with Crippen LogP contribution in [0.3, 0.4) is 0 Å². The highest BCUT2D eigenvalue weighted by molar-refractivity contribution is 7.89. The van der Waals surface area contributed by atoms with Gasteiger partial charge in [-0.1, -0.05) is 6.42 Å². The maximum Gasteiger partial charge on any atom is 0.240 e. The van der Waals surface area contributed by atoms with Gasteiger partial charge in [0, 0.05) is 19.2 Å². The van der Waals surface area contributed by atoms with Crippen molar-refractivity contribution in [2.45, 2.75) is 24.2 Å². The average molecular weight is 304 g/mol. The van der Waals surface area contributed by atoms with E-state index in [1.807, 2.05) is 0 Å². The predicted molar refractivity (Wildman–Crippen MR) is 71.8 cm³/mol. The number of likely N-dealkylation sites (tertiary alicyclic amines) is 1. The summed E-state index contributed by atoms with van der Waals surface area (Å²) in [4.78, 5) is 1.80. The summed E-state index contributed by atoms with van der Waals surface area (Å²) in [6.07, 6.45) is 3.47. The van der Waals surface area contributed by atoms with Crippen molar-refractivity contribution in [1.29, 1.82) is 0 Å². The fourth-order valence-electron chi connectivity index (χ4n) is 2.29. The molecule has 112 valence electrons. The van der Waals surface area contributed by atoms with Crippen LogP contribution < -0.4 is 4.72 Å². The molecule has 20 heavy (non-hydrogen) atoms. The van der Waals surface area contributed by atoms with Crippen LogP contribution in [-0.4, -0.2) is 39.5 Å². The Bertz CT molecular complexity index is 537. The number of rotatable bonds is 5. The van der Waals surface area contributed by atoms with Crippen LogP contribution in [-0.2, 0) is 10.0 Å². The largest absolute Gasteiger partial charge is 0.302 e. The first kappa shape index (κ1) is 15.3. The van der Waals surface area contributed by atoms with Crippen LogP contribution in [0.1, 0.15) is 19.3 Å². The van der Waals surface area contributed by atoms with E-state index in [-0.39, 0.29) is 11.4 Å². The number of hydrogen-bond donors (Lipinski definition) is 1. The highest BCUT2D eigenvalue weighted by Gasteiger charge is 2.17. The standard InChI is InChI=1S/C13H18F2N2O2S/c14-11-8-12(15)10-13(9-11)20(18,19)16-4-7-17-5-2-1-3-6-17/h8-10,16H,1-7H2. The summed E-state index contributed by atoms with van der Waals surface area (Å²) in [5.74, 6) is -1.80. The van der Waals surface area contributed by atoms with Gasteiger partial charge in [-0.3, -0.25) is 0 Å². The molecular formula is C13H18F2N2O2S. The van der Waals surface area contributed by atoms with Gasteiger partial charge in [-0.25, -0.2) is 21.9 Å². The molecule has 0 aliphatic carbocycles. The summed E-state index contributed by atoms with van der Waals surface area (Å²) < 4.78 is 52.3. The van der Waals surface area contributed by atoms with Gasteiger partial charge in [-0.15, -0.1) is 0 Å². The van der Waals surface area contributed by atoms with Crippen LogP contribution in [0.5, 0.6) is 0 Å². The molecule has 1 aromatic carbocycles. The average Bonchev–Trinajstić information content (AvgIpc) is 2.38. The molecule has 4 nitrogen and oxygen atoms in total. The van der Waals surface area contributed by atoms with E-state index >= 15 is 0 Å². The second-order valence-corrected chi connectivity index (χ2v) is 6.67. The summed E-state index contributed by atoms with van der Waals surface area (Å²) in [5, 5.41) is 0. The molecule has 0 spiro atoms. The minimum Gasteiger partial charge on any atom is -0.302 e. The second-order valence-electron chi connectivity index (χ2n) is 4.91. The lowest BCUT2D eigenvalue weighted by atomic mass is 10.1. The quantitative estimate of drug-likeness (QED) is 0.901. The number of benzene rings is 1. The van der Waals surface area contributed by atoms with E-state index in [9.17, 15) is 17.2 Å². The van der Waals surface area contributed by atoms with Gasteiger partial charge < -0.3 is 4.90 Å². The lowest BCUT2D eigenvalue weighted by Gasteiger charge is -2.26. The van der Waals surface area contributed by atoms with E-state index in [1.165, 1.54) is 6.42 Å². The van der Waals surface area contributed by atoms with Crippen LogP contribution in [0.4, 0.5) is 8.78 Å². The van der Waals surface area contributed by atoms with Gasteiger partial charge >= 0.3 is 0 Å². The second kappa shape index (κ2) is 6.60. The third-order valence-electron chi connectivity index (χ3n) is 3.32. The summed E-state index contributed by atoms with van der Waals surface area (Å²) >= 11 is 0. The van der Waals surface area contributed by atoms with E-state index in [2.05, 4.69) is 9.62 Å². The third kappa shape index (κ3) is 4.22. The first-order valence-electron chi connectivity index (χ1n) is 6.65. The monoisotopic (exact) mass is 304 g/mol. The Morgan fingerprint density at radius 3 is 2.25 bits per heavy atom. The molecule has 1 N–H and O–H groups in total. The van der Waals surface area contributed by atoms with E-state index in [1.54, 1.807) is 0 Å². The fraction of sp³-hybridized carbons (Fsp3) is 0.538. The van der Waals surface area contributed by atoms with Crippen molar-refractivity contribution in [2.24, 2.45) is 0 Å². The summed E-state index contributed by atoms with van der Waals surface area (Å²) in [6.45, 7) is 2.78. The van der Waals surface area contributed by atoms with Gasteiger partial charge in [-0.2, -0.15) is 0 Å². The van der Waals surface area contributed by atoms with Gasteiger partial charge in [0.15, 0.2) is 0 Å². The Morgan fingerprint density at radius 2 is 1.65 bits per heavy atom. The first-order valence-corrected chi connectivity index (χ1v) is 8.14. The third-order valence-corrected chi connectivity index (χ3v) is 4.76. The summed E-state index contributed by atoms with van der Waals surface area (Å²) in [7, 11) is -3.86. The van der Waals surface area contributed by atoms with Crippen LogP contribution >= 0.6 is 0 Å². The molecule has 7 heteroatoms. The Morgan fingerprint density at radius 1 is 1.05 bits per heavy atom. The number of sulfonamides is 1. The van der Waals surface area contributed by atoms with Crippen LogP contribution in [0.15, 0.2) is 23.1 Å². The number of hydrogen-bond acceptors (Lipinski definition) is 3. The van der Waals surface area contributed by atoms with E-state index < -0.39 is 21.7 Å². The van der Waals surface area contributed by atoms with Gasteiger partial charge in [0.25, 0.3) is 0 Å². The maximum absolute atomic E-state index is 13.0. The molecule has 1 aliphatic rings. The minimum atomic E-state index is -3.86. The molecular weight excluding hydrogens is 286 g/mol. The molecule has 0 radical (unpaired) electrons. The molecule has 1 aromatic rings. The summed E-state index contributed by atoms with van der Waals surface area (Å²) in [6, 6.07) is 2.27. The molecule has 2 rings (SSSR count). The van der Waals surface area contributed by atoms with Crippen LogP contribution in [0.2, 0.25) is 0 Å². The van der Waals surface area contributed by atoms with Crippen molar-refractivity contribution in [3.05, 3.63) is 29.8 Å². The zero-order valence-corrected chi connectivity index (χ0v) is 11.9. The Balaban J connectivity index is 1.93. The van der Waals surface area contributed by atoms with Gasteiger partial charge in [-0.05, 0) is 38.1 Å². The zero-order chi connectivity index (χ0) is 14.6. The first-order chi connectivity index (χ1) is 9.47. The van der Waals surface area contributed by atoms with Crippen LogP contribution in [0, 0.1) is 11.6 Å². The molecule has 0 atom stereocenters. The predicted octanol–water partition coefficient (Wildman–Crippen LogP) is 1.73. The maximum atomic E-state index is 13.0. The molecule has 1 fully saturated rings. The molecule has 1 aliphatic heterocycles. The molecule has 0 bridgehead atoms. The van der Waals surface area contributed by atoms with E-state index in [0.717, 1.165) is 38.1 Å². The topological polar surface area (TPSA) is 49.4 Å². The SMILES string of the molecule is O=S(=O)(NCCN1CCCCC1)c1cc(F)cc(F)c1. The van der Waals surface area contributed by atoms with Gasteiger partial charge in [0.05, 0.1) is 4.90 Å². The highest BCUT2D eigenvalue weighted by atomic mass is 32.2. The molecule has 0 saturated carbocycles. The molecule has 0 aromatic heterocycles. The molecule has 0 amide bonds. The minimum absolute atomic E-state index is 0.237. The number of piperidine rings is 1. The number of nitrogens with zero attached hydrogens (tertiary/aromatic N) is 1. The fourth-order valence-corrected chi connectivity index (χ4v) is 3.35. The van der Waals surface area contributed by atoms with Gasteiger partial charge in [0.1, 0.15) is 11.6 Å². The number of nitrogens with one attached hydrogen (secondary N) is 1. The summed E-state index contributed by atoms with van der Waals surface area (Å²) in [5.41, 5.74) is 0. The highest BCUT2D eigenvalue weighted by Crippen LogP contribution is 2.13. The van der Waals surface area contributed by atoms with E-state index in [4.69, 9.17) is 0 Å². The van der Waals surface area contributed by atoms with Crippen molar-refractivity contribution in [3.63, 3.8) is 0 Å². The van der Waals surface area contributed by atoms with Crippen molar-refractivity contribution in [1.82, 2.24) is 9.62 Å². The smallest absolute Gasteiger partial charge is 0.240 e. The Labute approximate surface area is 117 Å².